The van der Waals surface area contributed by atoms with Gasteiger partial charge in [-0.2, -0.15) is 0 Å². The second-order valence-electron chi connectivity index (χ2n) is 4.22. The van der Waals surface area contributed by atoms with Crippen molar-refractivity contribution in [3.63, 3.8) is 0 Å². The molecule has 0 N–H and O–H groups in total. The number of halogens is 1. The Balaban J connectivity index is 3.97. The van der Waals surface area contributed by atoms with Crippen LogP contribution in [0.4, 0.5) is 0 Å². The molecule has 1 heteroatoms. The first-order valence-electron chi connectivity index (χ1n) is 4.16. The van der Waals surface area contributed by atoms with E-state index in [9.17, 15) is 0 Å². The highest BCUT2D eigenvalue weighted by molar-refractivity contribution is 9.09. The molecule has 2 atom stereocenters. The molecular formula is C10H19Br. The predicted molar refractivity (Wildman–Crippen MR) is 56.1 cm³/mol. The molecule has 0 saturated carbocycles. The normalized spacial score (nSPS) is 18.7. The van der Waals surface area contributed by atoms with Crippen molar-refractivity contribution >= 4 is 15.9 Å². The Morgan fingerprint density at radius 3 is 1.82 bits per heavy atom. The minimum atomic E-state index is 0.387. The van der Waals surface area contributed by atoms with Crippen molar-refractivity contribution in [3.8, 4) is 0 Å². The fourth-order valence-electron chi connectivity index (χ4n) is 0.608. The van der Waals surface area contributed by atoms with Crippen LogP contribution in [0, 0.1) is 11.3 Å². The molecule has 0 aromatic carbocycles. The zero-order valence-electron chi connectivity index (χ0n) is 8.19. The number of alkyl halides is 1. The lowest BCUT2D eigenvalue weighted by molar-refractivity contribution is 0.314. The van der Waals surface area contributed by atoms with Crippen LogP contribution >= 0.6 is 15.9 Å². The minimum absolute atomic E-state index is 0.387. The highest BCUT2D eigenvalue weighted by Gasteiger charge is 2.16. The first-order chi connectivity index (χ1) is 4.84. The monoisotopic (exact) mass is 218 g/mol. The molecule has 0 fully saturated rings. The van der Waals surface area contributed by atoms with Gasteiger partial charge in [0.15, 0.2) is 0 Å². The van der Waals surface area contributed by atoms with Gasteiger partial charge < -0.3 is 0 Å². The summed E-state index contributed by atoms with van der Waals surface area (Å²) in [4.78, 5) is 0.493. The van der Waals surface area contributed by atoms with Crippen LogP contribution in [0.2, 0.25) is 0 Å². The molecule has 0 aliphatic rings. The lowest BCUT2D eigenvalue weighted by Gasteiger charge is -2.24. The van der Waals surface area contributed by atoms with Crippen LogP contribution < -0.4 is 0 Å². The summed E-state index contributed by atoms with van der Waals surface area (Å²) in [6.45, 7) is 11.2. The van der Waals surface area contributed by atoms with Crippen molar-refractivity contribution < 1.29 is 0 Å². The van der Waals surface area contributed by atoms with E-state index in [-0.39, 0.29) is 0 Å². The van der Waals surface area contributed by atoms with E-state index in [2.05, 4.69) is 62.7 Å². The molecule has 66 valence electrons. The fraction of sp³-hybridized carbons (Fsp3) is 0.800. The SMILES string of the molecule is CC(Br)/C=C/C(C)C(C)(C)C. The van der Waals surface area contributed by atoms with E-state index in [0.717, 1.165) is 0 Å². The molecule has 0 aromatic heterocycles. The van der Waals surface area contributed by atoms with Gasteiger partial charge in [-0.1, -0.05) is 55.8 Å². The lowest BCUT2D eigenvalue weighted by Crippen LogP contribution is -2.14. The van der Waals surface area contributed by atoms with Crippen LogP contribution in [0.5, 0.6) is 0 Å². The van der Waals surface area contributed by atoms with E-state index in [1.54, 1.807) is 0 Å². The molecule has 0 amide bonds. The van der Waals surface area contributed by atoms with Gasteiger partial charge in [-0.15, -0.1) is 0 Å². The van der Waals surface area contributed by atoms with Crippen LogP contribution in [0.1, 0.15) is 34.6 Å². The highest BCUT2D eigenvalue weighted by atomic mass is 79.9. The van der Waals surface area contributed by atoms with E-state index in [1.807, 2.05) is 0 Å². The van der Waals surface area contributed by atoms with Gasteiger partial charge in [-0.3, -0.25) is 0 Å². The molecule has 0 nitrogen and oxygen atoms in total. The van der Waals surface area contributed by atoms with Crippen molar-refractivity contribution in [1.29, 1.82) is 0 Å². The highest BCUT2D eigenvalue weighted by Crippen LogP contribution is 2.26. The van der Waals surface area contributed by atoms with Crippen molar-refractivity contribution in [2.75, 3.05) is 0 Å². The zero-order chi connectivity index (χ0) is 9.07. The van der Waals surface area contributed by atoms with Crippen molar-refractivity contribution in [1.82, 2.24) is 0 Å². The van der Waals surface area contributed by atoms with Gasteiger partial charge in [0.2, 0.25) is 0 Å². The zero-order valence-corrected chi connectivity index (χ0v) is 9.77. The van der Waals surface area contributed by atoms with Crippen LogP contribution in [-0.4, -0.2) is 4.83 Å². The summed E-state index contributed by atoms with van der Waals surface area (Å²) >= 11 is 3.48. The first kappa shape index (κ1) is 11.2. The molecule has 0 bridgehead atoms. The Bertz CT molecular complexity index is 128. The maximum atomic E-state index is 3.48. The maximum Gasteiger partial charge on any atom is 0.0297 e. The second kappa shape index (κ2) is 4.30. The van der Waals surface area contributed by atoms with E-state index in [0.29, 0.717) is 16.2 Å². The number of allylic oxidation sites excluding steroid dienone is 2. The second-order valence-corrected chi connectivity index (χ2v) is 5.66. The van der Waals surface area contributed by atoms with Crippen LogP contribution in [0.25, 0.3) is 0 Å². The van der Waals surface area contributed by atoms with Gasteiger partial charge in [0.1, 0.15) is 0 Å². The lowest BCUT2D eigenvalue weighted by atomic mass is 9.82. The van der Waals surface area contributed by atoms with Crippen LogP contribution in [0.15, 0.2) is 12.2 Å². The topological polar surface area (TPSA) is 0 Å². The Kier molecular flexibility index (Phi) is 4.38. The summed E-state index contributed by atoms with van der Waals surface area (Å²) in [5.41, 5.74) is 0.387. The molecule has 0 aromatic rings. The molecular weight excluding hydrogens is 200 g/mol. The third kappa shape index (κ3) is 5.49. The van der Waals surface area contributed by atoms with Gasteiger partial charge >= 0.3 is 0 Å². The Labute approximate surface area is 79.2 Å². The molecule has 0 aliphatic heterocycles. The molecule has 0 spiro atoms. The van der Waals surface area contributed by atoms with Crippen molar-refractivity contribution in [2.24, 2.45) is 11.3 Å². The van der Waals surface area contributed by atoms with Gasteiger partial charge in [0.25, 0.3) is 0 Å². The van der Waals surface area contributed by atoms with Crippen LogP contribution in [-0.2, 0) is 0 Å². The average molecular weight is 219 g/mol. The molecule has 0 heterocycles. The summed E-state index contributed by atoms with van der Waals surface area (Å²) in [7, 11) is 0. The van der Waals surface area contributed by atoms with Gasteiger partial charge in [-0.25, -0.2) is 0 Å². The third-order valence-corrected chi connectivity index (χ3v) is 2.34. The van der Waals surface area contributed by atoms with E-state index in [1.165, 1.54) is 0 Å². The van der Waals surface area contributed by atoms with Gasteiger partial charge in [-0.05, 0) is 18.3 Å². The van der Waals surface area contributed by atoms with Crippen molar-refractivity contribution in [3.05, 3.63) is 12.2 Å². The molecule has 0 rings (SSSR count). The van der Waals surface area contributed by atoms with Gasteiger partial charge in [0, 0.05) is 4.83 Å². The van der Waals surface area contributed by atoms with Gasteiger partial charge in [0.05, 0.1) is 0 Å². The first-order valence-corrected chi connectivity index (χ1v) is 5.08. The average Bonchev–Trinajstić information content (AvgIpc) is 1.80. The smallest absolute Gasteiger partial charge is 0.0297 e. The number of hydrogen-bond donors (Lipinski definition) is 0. The Morgan fingerprint density at radius 2 is 1.55 bits per heavy atom. The summed E-state index contributed by atoms with van der Waals surface area (Å²) in [6.07, 6.45) is 4.48. The Morgan fingerprint density at radius 1 is 1.09 bits per heavy atom. The van der Waals surface area contributed by atoms with E-state index >= 15 is 0 Å². The molecule has 0 aliphatic carbocycles. The predicted octanol–water partition coefficient (Wildman–Crippen LogP) is 4.01. The molecule has 0 saturated heterocycles. The van der Waals surface area contributed by atoms with Crippen LogP contribution in [0.3, 0.4) is 0 Å². The number of hydrogen-bond acceptors (Lipinski definition) is 0. The minimum Gasteiger partial charge on any atom is -0.0848 e. The summed E-state index contributed by atoms with van der Waals surface area (Å²) in [6, 6.07) is 0. The standard InChI is InChI=1S/C10H19Br/c1-8(10(3,4)5)6-7-9(2)11/h6-9H,1-5H3/b7-6+. The fourth-order valence-corrected chi connectivity index (χ4v) is 0.785. The number of rotatable bonds is 2. The summed E-state index contributed by atoms with van der Waals surface area (Å²) in [5.74, 6) is 0.641. The molecule has 0 radical (unpaired) electrons. The largest absolute Gasteiger partial charge is 0.0848 e. The third-order valence-electron chi connectivity index (χ3n) is 2.03. The Hall–Kier alpha value is 0.220. The van der Waals surface area contributed by atoms with Crippen molar-refractivity contribution in [2.45, 2.75) is 39.4 Å². The van der Waals surface area contributed by atoms with E-state index < -0.39 is 0 Å². The molecule has 11 heavy (non-hydrogen) atoms. The quantitative estimate of drug-likeness (QED) is 0.486. The maximum absolute atomic E-state index is 3.48. The summed E-state index contributed by atoms with van der Waals surface area (Å²) in [5, 5.41) is 0. The van der Waals surface area contributed by atoms with E-state index in [4.69, 9.17) is 0 Å². The molecule has 2 unspecified atom stereocenters. The summed E-state index contributed by atoms with van der Waals surface area (Å²) < 4.78 is 0.